The summed E-state index contributed by atoms with van der Waals surface area (Å²) in [6.45, 7) is 5.25. The highest BCUT2D eigenvalue weighted by molar-refractivity contribution is 7.85. The minimum Gasteiger partial charge on any atom is -0.493 e. The number of para-hydroxylation sites is 2. The van der Waals surface area contributed by atoms with Gasteiger partial charge in [0.05, 0.1) is 28.0 Å². The average molecular weight is 409 g/mol. The van der Waals surface area contributed by atoms with Crippen LogP contribution in [0.25, 0.3) is 0 Å². The molecule has 3 unspecified atom stereocenters. The molecular formula is C24H28N2O2S. The fraction of sp³-hybridized carbons (Fsp3) is 0.500. The van der Waals surface area contributed by atoms with E-state index in [4.69, 9.17) is 4.74 Å². The van der Waals surface area contributed by atoms with E-state index in [1.807, 2.05) is 0 Å². The second-order valence-electron chi connectivity index (χ2n) is 8.81. The second kappa shape index (κ2) is 7.13. The third-order valence-corrected chi connectivity index (χ3v) is 8.63. The molecule has 1 saturated heterocycles. The molecule has 0 spiro atoms. The minimum atomic E-state index is -0.822. The van der Waals surface area contributed by atoms with E-state index in [1.165, 1.54) is 41.8 Å². The van der Waals surface area contributed by atoms with Crippen LogP contribution in [0.4, 0.5) is 5.69 Å². The summed E-state index contributed by atoms with van der Waals surface area (Å²) in [6, 6.07) is 13.7. The fourth-order valence-electron chi connectivity index (χ4n) is 5.93. The van der Waals surface area contributed by atoms with Crippen molar-refractivity contribution in [3.8, 4) is 5.75 Å². The van der Waals surface area contributed by atoms with Crippen LogP contribution < -0.4 is 9.64 Å². The van der Waals surface area contributed by atoms with Gasteiger partial charge >= 0.3 is 0 Å². The lowest BCUT2D eigenvalue weighted by Crippen LogP contribution is -2.48. The maximum atomic E-state index is 12.5. The van der Waals surface area contributed by atoms with E-state index in [-0.39, 0.29) is 0 Å². The standard InChI is InChI=1S/C24H28N2O2S/c27-29-15-13-26-21-9-12-25(16-20(21)19-7-2-8-22(29)23(19)26)11-3-6-17-4-1-5-18-10-14-28-24(17)18/h1-2,4-5,7-8,20-21H,3,6,9-16H2. The van der Waals surface area contributed by atoms with E-state index in [0.717, 1.165) is 55.5 Å². The molecule has 0 radical (unpaired) electrons. The smallest absolute Gasteiger partial charge is 0.125 e. The fourth-order valence-corrected chi connectivity index (χ4v) is 7.19. The molecule has 3 atom stereocenters. The van der Waals surface area contributed by atoms with E-state index in [2.05, 4.69) is 46.2 Å². The Morgan fingerprint density at radius 3 is 3.03 bits per heavy atom. The maximum Gasteiger partial charge on any atom is 0.125 e. The number of hydrogen-bond donors (Lipinski definition) is 0. The number of ether oxygens (including phenoxy) is 1. The minimum absolute atomic E-state index is 0.568. The predicted molar refractivity (Wildman–Crippen MR) is 117 cm³/mol. The summed E-state index contributed by atoms with van der Waals surface area (Å²) in [4.78, 5) is 6.31. The number of benzene rings is 2. The van der Waals surface area contributed by atoms with Gasteiger partial charge in [-0.05, 0) is 48.6 Å². The zero-order valence-corrected chi connectivity index (χ0v) is 17.6. The summed E-state index contributed by atoms with van der Waals surface area (Å²) in [5, 5.41) is 0. The number of fused-ring (bicyclic) bond motifs is 4. The largest absolute Gasteiger partial charge is 0.493 e. The van der Waals surface area contributed by atoms with Crippen molar-refractivity contribution in [3.63, 3.8) is 0 Å². The highest BCUT2D eigenvalue weighted by atomic mass is 32.2. The van der Waals surface area contributed by atoms with Crippen LogP contribution in [0, 0.1) is 0 Å². The van der Waals surface area contributed by atoms with Crippen LogP contribution >= 0.6 is 0 Å². The first-order chi connectivity index (χ1) is 14.3. The normalized spacial score (nSPS) is 27.3. The number of likely N-dealkylation sites (tertiary alicyclic amines) is 1. The van der Waals surface area contributed by atoms with Crippen LogP contribution in [-0.4, -0.2) is 53.7 Å². The molecule has 0 aromatic heterocycles. The molecule has 4 aliphatic heterocycles. The summed E-state index contributed by atoms with van der Waals surface area (Å²) in [5.74, 6) is 2.51. The SMILES string of the molecule is O=S1CCN2c3c(cccc31)C1CN(CCCc3cccc4c3OCC4)CCC12. The highest BCUT2D eigenvalue weighted by Gasteiger charge is 2.44. The lowest BCUT2D eigenvalue weighted by molar-refractivity contribution is 0.192. The van der Waals surface area contributed by atoms with Crippen LogP contribution in [0.2, 0.25) is 0 Å². The zero-order valence-electron chi connectivity index (χ0n) is 16.8. The molecule has 0 aliphatic carbocycles. The first-order valence-corrected chi connectivity index (χ1v) is 12.4. The lowest BCUT2D eigenvalue weighted by Gasteiger charge is -2.40. The van der Waals surface area contributed by atoms with E-state index in [0.29, 0.717) is 12.0 Å². The van der Waals surface area contributed by atoms with Gasteiger partial charge in [0, 0.05) is 43.8 Å². The van der Waals surface area contributed by atoms with Crippen LogP contribution in [0.3, 0.4) is 0 Å². The number of rotatable bonds is 4. The summed E-state index contributed by atoms with van der Waals surface area (Å²) < 4.78 is 18.4. The Kier molecular flexibility index (Phi) is 4.42. The van der Waals surface area contributed by atoms with Crippen molar-refractivity contribution in [1.29, 1.82) is 0 Å². The molecule has 4 heterocycles. The monoisotopic (exact) mass is 408 g/mol. The molecule has 2 aromatic rings. The van der Waals surface area contributed by atoms with Crippen LogP contribution in [0.1, 0.15) is 35.4 Å². The van der Waals surface area contributed by atoms with Gasteiger partial charge in [-0.1, -0.05) is 30.3 Å². The molecule has 29 heavy (non-hydrogen) atoms. The number of piperidine rings is 1. The molecule has 6 rings (SSSR count). The van der Waals surface area contributed by atoms with Gasteiger partial charge in [-0.25, -0.2) is 0 Å². The molecule has 4 nitrogen and oxygen atoms in total. The van der Waals surface area contributed by atoms with Gasteiger partial charge in [0.25, 0.3) is 0 Å². The molecule has 0 amide bonds. The summed E-state index contributed by atoms with van der Waals surface area (Å²) in [5.41, 5.74) is 5.51. The van der Waals surface area contributed by atoms with Crippen molar-refractivity contribution in [3.05, 3.63) is 53.1 Å². The summed E-state index contributed by atoms with van der Waals surface area (Å²) in [7, 11) is -0.822. The predicted octanol–water partition coefficient (Wildman–Crippen LogP) is 3.35. The van der Waals surface area contributed by atoms with Crippen molar-refractivity contribution in [2.45, 2.75) is 42.5 Å². The zero-order chi connectivity index (χ0) is 19.4. The van der Waals surface area contributed by atoms with E-state index < -0.39 is 10.8 Å². The van der Waals surface area contributed by atoms with Gasteiger partial charge in [0.1, 0.15) is 5.75 Å². The Morgan fingerprint density at radius 2 is 2.07 bits per heavy atom. The topological polar surface area (TPSA) is 32.8 Å². The summed E-state index contributed by atoms with van der Waals surface area (Å²) >= 11 is 0. The Balaban J connectivity index is 1.15. The van der Waals surface area contributed by atoms with Gasteiger partial charge in [0.15, 0.2) is 0 Å². The number of anilines is 1. The van der Waals surface area contributed by atoms with Gasteiger partial charge in [-0.2, -0.15) is 0 Å². The molecular weight excluding hydrogens is 380 g/mol. The van der Waals surface area contributed by atoms with Crippen molar-refractivity contribution in [2.75, 3.05) is 43.4 Å². The van der Waals surface area contributed by atoms with Gasteiger partial charge in [0.2, 0.25) is 0 Å². The number of aryl methyl sites for hydroxylation is 1. The van der Waals surface area contributed by atoms with Crippen LogP contribution in [0.15, 0.2) is 41.3 Å². The number of nitrogens with zero attached hydrogens (tertiary/aromatic N) is 2. The Hall–Kier alpha value is -1.85. The molecule has 4 aliphatic rings. The van der Waals surface area contributed by atoms with E-state index in [1.54, 1.807) is 0 Å². The Labute approximate surface area is 175 Å². The van der Waals surface area contributed by atoms with Gasteiger partial charge < -0.3 is 14.5 Å². The third kappa shape index (κ3) is 2.93. The van der Waals surface area contributed by atoms with E-state index in [9.17, 15) is 4.21 Å². The Morgan fingerprint density at radius 1 is 1.14 bits per heavy atom. The molecule has 0 N–H and O–H groups in total. The average Bonchev–Trinajstić information content (AvgIpc) is 3.35. The lowest BCUT2D eigenvalue weighted by atomic mass is 9.89. The summed E-state index contributed by atoms with van der Waals surface area (Å²) in [6.07, 6.45) is 4.55. The maximum absolute atomic E-state index is 12.5. The molecule has 1 fully saturated rings. The van der Waals surface area contributed by atoms with Crippen molar-refractivity contribution in [1.82, 2.24) is 4.90 Å². The molecule has 2 aromatic carbocycles. The molecule has 0 bridgehead atoms. The Bertz CT molecular complexity index is 975. The molecule has 152 valence electrons. The van der Waals surface area contributed by atoms with Crippen molar-refractivity contribution < 1.29 is 8.95 Å². The highest BCUT2D eigenvalue weighted by Crippen LogP contribution is 2.48. The quantitative estimate of drug-likeness (QED) is 0.777. The van der Waals surface area contributed by atoms with Crippen LogP contribution in [-0.2, 0) is 23.6 Å². The number of hydrogen-bond acceptors (Lipinski definition) is 4. The van der Waals surface area contributed by atoms with Crippen molar-refractivity contribution >= 4 is 16.5 Å². The van der Waals surface area contributed by atoms with E-state index >= 15 is 0 Å². The first kappa shape index (κ1) is 18.0. The molecule has 5 heteroatoms. The molecule has 0 saturated carbocycles. The first-order valence-electron chi connectivity index (χ1n) is 11.0. The third-order valence-electron chi connectivity index (χ3n) is 7.26. The van der Waals surface area contributed by atoms with Gasteiger partial charge in [-0.3, -0.25) is 4.21 Å². The van der Waals surface area contributed by atoms with Crippen molar-refractivity contribution in [2.24, 2.45) is 0 Å². The van der Waals surface area contributed by atoms with Gasteiger partial charge in [-0.15, -0.1) is 0 Å². The van der Waals surface area contributed by atoms with Crippen LogP contribution in [0.5, 0.6) is 5.75 Å². The second-order valence-corrected chi connectivity index (χ2v) is 10.3.